The number of allylic oxidation sites excluding steroid dienone is 1. The fourth-order valence-corrected chi connectivity index (χ4v) is 3.84. The van der Waals surface area contributed by atoms with Gasteiger partial charge in [-0.2, -0.15) is 5.26 Å². The van der Waals surface area contributed by atoms with E-state index in [1.165, 1.54) is 43.8 Å². The normalized spacial score (nSPS) is 10.8. The lowest BCUT2D eigenvalue weighted by molar-refractivity contribution is 0.0599. The minimum absolute atomic E-state index is 0.161. The highest BCUT2D eigenvalue weighted by atomic mass is 32.1. The molecule has 0 aliphatic heterocycles. The van der Waals surface area contributed by atoms with Crippen molar-refractivity contribution in [3.8, 4) is 28.8 Å². The van der Waals surface area contributed by atoms with Gasteiger partial charge < -0.3 is 18.9 Å². The van der Waals surface area contributed by atoms with Gasteiger partial charge in [-0.1, -0.05) is 0 Å². The van der Waals surface area contributed by atoms with Gasteiger partial charge in [0.1, 0.15) is 11.1 Å². The molecule has 1 heterocycles. The Balaban J connectivity index is 2.02. The summed E-state index contributed by atoms with van der Waals surface area (Å²) in [6.45, 7) is 0. The van der Waals surface area contributed by atoms with E-state index in [0.717, 1.165) is 5.56 Å². The summed E-state index contributed by atoms with van der Waals surface area (Å²) in [6.07, 6.45) is 1.55. The number of carbonyl (C=O) groups excluding carboxylic acids is 2. The maximum absolute atomic E-state index is 12.0. The van der Waals surface area contributed by atoms with E-state index in [-0.39, 0.29) is 16.7 Å². The third-order valence-corrected chi connectivity index (χ3v) is 5.52. The van der Waals surface area contributed by atoms with Gasteiger partial charge in [0.05, 0.1) is 50.8 Å². The molecule has 0 fully saturated rings. The Hall–Kier alpha value is -4.16. The Morgan fingerprint density at radius 1 is 0.939 bits per heavy atom. The smallest absolute Gasteiger partial charge is 0.337 e. The van der Waals surface area contributed by atoms with Gasteiger partial charge in [-0.05, 0) is 48.0 Å². The first-order chi connectivity index (χ1) is 15.9. The topological polar surface area (TPSA) is 108 Å². The summed E-state index contributed by atoms with van der Waals surface area (Å²) in [5.41, 5.74) is 2.51. The summed E-state index contributed by atoms with van der Waals surface area (Å²) in [4.78, 5) is 28.6. The number of methoxy groups -OCH3 is 4. The predicted molar refractivity (Wildman–Crippen MR) is 123 cm³/mol. The standard InChI is InChI=1S/C24H20N2O6S/c1-29-20-6-5-15(11-21(20)30-2)19-13-33-22(26-19)18(12-25)9-14-7-16(23(27)31-3)10-17(8-14)24(28)32-4/h5-11,13H,1-4H3. The lowest BCUT2D eigenvalue weighted by Crippen LogP contribution is -2.07. The second-order valence-electron chi connectivity index (χ2n) is 6.60. The number of thiazole rings is 1. The highest BCUT2D eigenvalue weighted by Crippen LogP contribution is 2.34. The first kappa shape index (κ1) is 23.5. The van der Waals surface area contributed by atoms with Crippen molar-refractivity contribution in [3.05, 3.63) is 63.5 Å². The summed E-state index contributed by atoms with van der Waals surface area (Å²) in [5, 5.41) is 12.1. The van der Waals surface area contributed by atoms with Crippen LogP contribution in [0.4, 0.5) is 0 Å². The summed E-state index contributed by atoms with van der Waals surface area (Å²) in [7, 11) is 5.60. The molecule has 0 aliphatic carbocycles. The van der Waals surface area contributed by atoms with Crippen LogP contribution in [0.2, 0.25) is 0 Å². The molecular weight excluding hydrogens is 444 g/mol. The molecule has 0 N–H and O–H groups in total. The Kier molecular flexibility index (Phi) is 7.43. The summed E-state index contributed by atoms with van der Waals surface area (Å²) < 4.78 is 20.1. The van der Waals surface area contributed by atoms with Gasteiger partial charge in [0.2, 0.25) is 0 Å². The molecule has 168 valence electrons. The largest absolute Gasteiger partial charge is 0.493 e. The van der Waals surface area contributed by atoms with Crippen LogP contribution in [0.15, 0.2) is 41.8 Å². The van der Waals surface area contributed by atoms with Crippen LogP contribution in [0.1, 0.15) is 31.3 Å². The van der Waals surface area contributed by atoms with Crippen LogP contribution in [0.5, 0.6) is 11.5 Å². The van der Waals surface area contributed by atoms with Gasteiger partial charge in [0, 0.05) is 10.9 Å². The van der Waals surface area contributed by atoms with Crippen molar-refractivity contribution in [1.82, 2.24) is 4.98 Å². The number of hydrogen-bond acceptors (Lipinski definition) is 9. The maximum Gasteiger partial charge on any atom is 0.337 e. The Morgan fingerprint density at radius 3 is 2.12 bits per heavy atom. The molecule has 2 aromatic carbocycles. The van der Waals surface area contributed by atoms with Crippen molar-refractivity contribution in [3.63, 3.8) is 0 Å². The molecule has 0 atom stereocenters. The quantitative estimate of drug-likeness (QED) is 0.372. The van der Waals surface area contributed by atoms with Crippen LogP contribution in [0.25, 0.3) is 22.9 Å². The van der Waals surface area contributed by atoms with E-state index in [9.17, 15) is 14.9 Å². The van der Waals surface area contributed by atoms with Crippen LogP contribution >= 0.6 is 11.3 Å². The zero-order chi connectivity index (χ0) is 24.0. The molecule has 3 rings (SSSR count). The first-order valence-corrected chi connectivity index (χ1v) is 10.4. The van der Waals surface area contributed by atoms with Gasteiger partial charge in [-0.15, -0.1) is 11.3 Å². The molecule has 0 saturated carbocycles. The van der Waals surface area contributed by atoms with Crippen molar-refractivity contribution in [2.24, 2.45) is 0 Å². The number of ether oxygens (including phenoxy) is 4. The Labute approximate surface area is 194 Å². The van der Waals surface area contributed by atoms with Gasteiger partial charge in [-0.25, -0.2) is 14.6 Å². The van der Waals surface area contributed by atoms with Crippen LogP contribution < -0.4 is 9.47 Å². The average Bonchev–Trinajstić information content (AvgIpc) is 3.35. The van der Waals surface area contributed by atoms with Crippen LogP contribution in [-0.4, -0.2) is 45.4 Å². The van der Waals surface area contributed by atoms with Crippen molar-refractivity contribution in [2.75, 3.05) is 28.4 Å². The second kappa shape index (κ2) is 10.4. The van der Waals surface area contributed by atoms with Gasteiger partial charge >= 0.3 is 11.9 Å². The molecule has 33 heavy (non-hydrogen) atoms. The molecule has 0 spiro atoms. The fourth-order valence-electron chi connectivity index (χ4n) is 3.04. The first-order valence-electron chi connectivity index (χ1n) is 9.55. The van der Waals surface area contributed by atoms with Gasteiger partial charge in [-0.3, -0.25) is 0 Å². The van der Waals surface area contributed by atoms with Gasteiger partial charge in [0.15, 0.2) is 11.5 Å². The van der Waals surface area contributed by atoms with Gasteiger partial charge in [0.25, 0.3) is 0 Å². The third kappa shape index (κ3) is 5.19. The highest BCUT2D eigenvalue weighted by molar-refractivity contribution is 7.11. The maximum atomic E-state index is 12.0. The van der Waals surface area contributed by atoms with Crippen LogP contribution in [0, 0.1) is 11.3 Å². The number of aromatic nitrogens is 1. The van der Waals surface area contributed by atoms with Crippen molar-refractivity contribution in [2.45, 2.75) is 0 Å². The molecule has 9 heteroatoms. The van der Waals surface area contributed by atoms with E-state index in [4.69, 9.17) is 18.9 Å². The molecular formula is C24H20N2O6S. The number of hydrogen-bond donors (Lipinski definition) is 0. The van der Waals surface area contributed by atoms with E-state index in [1.807, 2.05) is 11.4 Å². The van der Waals surface area contributed by atoms with Crippen LogP contribution in [0.3, 0.4) is 0 Å². The van der Waals surface area contributed by atoms with Crippen molar-refractivity contribution < 1.29 is 28.5 Å². The number of esters is 2. The van der Waals surface area contributed by atoms with E-state index >= 15 is 0 Å². The Bertz CT molecular complexity index is 1240. The van der Waals surface area contributed by atoms with E-state index in [0.29, 0.717) is 27.8 Å². The Morgan fingerprint density at radius 2 is 1.58 bits per heavy atom. The number of benzene rings is 2. The fraction of sp³-hybridized carbons (Fsp3) is 0.167. The lowest BCUT2D eigenvalue weighted by Gasteiger charge is -2.08. The second-order valence-corrected chi connectivity index (χ2v) is 7.46. The zero-order valence-corrected chi connectivity index (χ0v) is 19.2. The monoisotopic (exact) mass is 464 g/mol. The molecule has 3 aromatic rings. The van der Waals surface area contributed by atoms with E-state index < -0.39 is 11.9 Å². The molecule has 8 nitrogen and oxygen atoms in total. The number of rotatable bonds is 7. The van der Waals surface area contributed by atoms with E-state index in [2.05, 4.69) is 11.1 Å². The molecule has 1 aromatic heterocycles. The minimum Gasteiger partial charge on any atom is -0.493 e. The predicted octanol–water partition coefficient (Wildman–Crippen LogP) is 4.46. The SMILES string of the molecule is COC(=O)c1cc(C=C(C#N)c2nc(-c3ccc(OC)c(OC)c3)cs2)cc(C(=O)OC)c1. The molecule has 0 bridgehead atoms. The summed E-state index contributed by atoms with van der Waals surface area (Å²) in [6, 6.07) is 12.0. The number of nitrogens with zero attached hydrogens (tertiary/aromatic N) is 2. The van der Waals surface area contributed by atoms with E-state index in [1.54, 1.807) is 32.4 Å². The minimum atomic E-state index is -0.612. The lowest BCUT2D eigenvalue weighted by atomic mass is 10.0. The number of carbonyl (C=O) groups is 2. The highest BCUT2D eigenvalue weighted by Gasteiger charge is 2.15. The number of nitriles is 1. The molecule has 0 unspecified atom stereocenters. The van der Waals surface area contributed by atoms with Crippen molar-refractivity contribution in [1.29, 1.82) is 5.26 Å². The zero-order valence-electron chi connectivity index (χ0n) is 18.4. The van der Waals surface area contributed by atoms with Crippen molar-refractivity contribution >= 4 is 34.9 Å². The molecule has 0 amide bonds. The molecule has 0 saturated heterocycles. The molecule has 0 aliphatic rings. The van der Waals surface area contributed by atoms with Crippen LogP contribution in [-0.2, 0) is 9.47 Å². The average molecular weight is 464 g/mol. The third-order valence-electron chi connectivity index (χ3n) is 4.64. The molecule has 0 radical (unpaired) electrons. The summed E-state index contributed by atoms with van der Waals surface area (Å²) in [5.74, 6) is -0.0606. The summed E-state index contributed by atoms with van der Waals surface area (Å²) >= 11 is 1.29.